The van der Waals surface area contributed by atoms with Crippen LogP contribution in [0.3, 0.4) is 0 Å². The number of nitro benzene ring substituents is 1. The first-order valence-electron chi connectivity index (χ1n) is 5.40. The van der Waals surface area contributed by atoms with Crippen molar-refractivity contribution >= 4 is 5.69 Å². The summed E-state index contributed by atoms with van der Waals surface area (Å²) in [4.78, 5) is 10.6. The van der Waals surface area contributed by atoms with Crippen LogP contribution in [0.4, 0.5) is 5.69 Å². The van der Waals surface area contributed by atoms with Crippen molar-refractivity contribution in [3.05, 3.63) is 38.9 Å². The van der Waals surface area contributed by atoms with Crippen LogP contribution >= 0.6 is 0 Å². The van der Waals surface area contributed by atoms with Crippen LogP contribution in [0.15, 0.2) is 12.1 Å². The van der Waals surface area contributed by atoms with Crippen molar-refractivity contribution in [3.8, 4) is 12.1 Å². The average Bonchev–Trinajstić information content (AvgIpc) is 2.26. The van der Waals surface area contributed by atoms with Crippen molar-refractivity contribution in [2.24, 2.45) is 0 Å². The maximum atomic E-state index is 11.1. The lowest BCUT2D eigenvalue weighted by atomic mass is 9.81. The van der Waals surface area contributed by atoms with Crippen molar-refractivity contribution in [2.75, 3.05) is 0 Å². The van der Waals surface area contributed by atoms with E-state index in [9.17, 15) is 10.1 Å². The lowest BCUT2D eigenvalue weighted by Gasteiger charge is -2.22. The molecule has 0 bridgehead atoms. The number of rotatable bonds is 2. The summed E-state index contributed by atoms with van der Waals surface area (Å²) in [6, 6.07) is 6.69. The predicted octanol–water partition coefficient (Wildman–Crippen LogP) is 2.83. The maximum absolute atomic E-state index is 11.1. The number of nitriles is 2. The highest BCUT2D eigenvalue weighted by Crippen LogP contribution is 2.35. The van der Waals surface area contributed by atoms with E-state index in [4.69, 9.17) is 10.5 Å². The molecule has 5 nitrogen and oxygen atoms in total. The Balaban J connectivity index is 3.69. The fourth-order valence-corrected chi connectivity index (χ4v) is 1.98. The van der Waals surface area contributed by atoms with Crippen molar-refractivity contribution in [1.29, 1.82) is 10.5 Å². The van der Waals surface area contributed by atoms with Crippen LogP contribution in [0.5, 0.6) is 0 Å². The van der Waals surface area contributed by atoms with Gasteiger partial charge in [-0.25, -0.2) is 0 Å². The SMILES string of the molecule is CC(C)(C)c1c(CC#N)cc(C#N)cc1[N+](=O)[O-]. The molecule has 0 N–H and O–H groups in total. The molecule has 0 heterocycles. The van der Waals surface area contributed by atoms with Crippen LogP contribution in [-0.2, 0) is 11.8 Å². The molecule has 0 amide bonds. The summed E-state index contributed by atoms with van der Waals surface area (Å²) in [6.07, 6.45) is 0.0585. The van der Waals surface area contributed by atoms with Gasteiger partial charge in [-0.1, -0.05) is 20.8 Å². The van der Waals surface area contributed by atoms with Gasteiger partial charge in [-0.3, -0.25) is 10.1 Å². The minimum atomic E-state index is -0.498. The van der Waals surface area contributed by atoms with Gasteiger partial charge in [-0.2, -0.15) is 10.5 Å². The van der Waals surface area contributed by atoms with E-state index in [-0.39, 0.29) is 17.7 Å². The van der Waals surface area contributed by atoms with Gasteiger partial charge < -0.3 is 0 Å². The Morgan fingerprint density at radius 1 is 1.33 bits per heavy atom. The van der Waals surface area contributed by atoms with Gasteiger partial charge in [0, 0.05) is 11.6 Å². The molecule has 0 aliphatic rings. The quantitative estimate of drug-likeness (QED) is 0.589. The Kier molecular flexibility index (Phi) is 3.68. The Labute approximate surface area is 105 Å². The molecule has 1 aromatic rings. The molecule has 0 aliphatic carbocycles. The highest BCUT2D eigenvalue weighted by molar-refractivity contribution is 5.55. The third-order valence-corrected chi connectivity index (χ3v) is 2.54. The van der Waals surface area contributed by atoms with Gasteiger partial charge in [0.25, 0.3) is 5.69 Å². The zero-order valence-electron chi connectivity index (χ0n) is 10.5. The molecule has 0 unspecified atom stereocenters. The summed E-state index contributed by atoms with van der Waals surface area (Å²) in [5.74, 6) is 0. The van der Waals surface area contributed by atoms with Gasteiger partial charge in [0.2, 0.25) is 0 Å². The van der Waals surface area contributed by atoms with Crippen LogP contribution in [0, 0.1) is 32.8 Å². The largest absolute Gasteiger partial charge is 0.274 e. The summed E-state index contributed by atoms with van der Waals surface area (Å²) in [7, 11) is 0. The Morgan fingerprint density at radius 3 is 2.33 bits per heavy atom. The molecule has 0 atom stereocenters. The van der Waals surface area contributed by atoms with Gasteiger partial charge in [0.15, 0.2) is 0 Å². The Morgan fingerprint density at radius 2 is 1.94 bits per heavy atom. The van der Waals surface area contributed by atoms with E-state index in [1.807, 2.05) is 32.9 Å². The lowest BCUT2D eigenvalue weighted by molar-refractivity contribution is -0.386. The zero-order valence-corrected chi connectivity index (χ0v) is 10.5. The number of nitro groups is 1. The van der Waals surface area contributed by atoms with E-state index in [0.29, 0.717) is 11.1 Å². The van der Waals surface area contributed by atoms with Gasteiger partial charge in [0.1, 0.15) is 0 Å². The molecule has 0 radical (unpaired) electrons. The second-order valence-corrected chi connectivity index (χ2v) is 4.98. The van der Waals surface area contributed by atoms with Crippen LogP contribution in [0.25, 0.3) is 0 Å². The fraction of sp³-hybridized carbons (Fsp3) is 0.385. The molecule has 0 spiro atoms. The van der Waals surface area contributed by atoms with Crippen LogP contribution in [-0.4, -0.2) is 4.92 Å². The molecule has 18 heavy (non-hydrogen) atoms. The highest BCUT2D eigenvalue weighted by atomic mass is 16.6. The summed E-state index contributed by atoms with van der Waals surface area (Å²) < 4.78 is 0. The van der Waals surface area contributed by atoms with Crippen molar-refractivity contribution in [1.82, 2.24) is 0 Å². The van der Waals surface area contributed by atoms with Gasteiger partial charge in [-0.05, 0) is 17.0 Å². The monoisotopic (exact) mass is 243 g/mol. The van der Waals surface area contributed by atoms with E-state index in [0.717, 1.165) is 0 Å². The molecule has 0 saturated heterocycles. The van der Waals surface area contributed by atoms with Gasteiger partial charge in [0.05, 0.1) is 29.0 Å². The van der Waals surface area contributed by atoms with Crippen molar-refractivity contribution in [3.63, 3.8) is 0 Å². The number of hydrogen-bond donors (Lipinski definition) is 0. The molecule has 1 aromatic carbocycles. The number of nitrogens with zero attached hydrogens (tertiary/aromatic N) is 3. The third kappa shape index (κ3) is 2.64. The van der Waals surface area contributed by atoms with Crippen LogP contribution in [0.1, 0.15) is 37.5 Å². The van der Waals surface area contributed by atoms with E-state index >= 15 is 0 Å². The minimum Gasteiger partial charge on any atom is -0.258 e. The third-order valence-electron chi connectivity index (χ3n) is 2.54. The summed E-state index contributed by atoms with van der Waals surface area (Å²) >= 11 is 0. The Hall–Kier alpha value is -2.40. The normalized spacial score (nSPS) is 10.5. The lowest BCUT2D eigenvalue weighted by Crippen LogP contribution is -2.17. The number of benzene rings is 1. The fourth-order valence-electron chi connectivity index (χ4n) is 1.98. The molecular formula is C13H13N3O2. The standard InChI is InChI=1S/C13H13N3O2/c1-13(2,3)12-10(4-5-14)6-9(8-15)7-11(12)16(17)18/h6-7H,4H2,1-3H3. The molecule has 0 saturated carbocycles. The van der Waals surface area contributed by atoms with E-state index in [1.165, 1.54) is 6.07 Å². The van der Waals surface area contributed by atoms with Crippen molar-refractivity contribution < 1.29 is 4.92 Å². The molecule has 92 valence electrons. The molecule has 0 aromatic heterocycles. The topological polar surface area (TPSA) is 90.7 Å². The molecule has 0 fully saturated rings. The van der Waals surface area contributed by atoms with Gasteiger partial charge in [-0.15, -0.1) is 0 Å². The minimum absolute atomic E-state index is 0.0585. The molecule has 5 heteroatoms. The van der Waals surface area contributed by atoms with Gasteiger partial charge >= 0.3 is 0 Å². The average molecular weight is 243 g/mol. The first-order chi connectivity index (χ1) is 8.31. The highest BCUT2D eigenvalue weighted by Gasteiger charge is 2.28. The van der Waals surface area contributed by atoms with Crippen LogP contribution in [0.2, 0.25) is 0 Å². The molecule has 0 aliphatic heterocycles. The summed E-state index contributed by atoms with van der Waals surface area (Å²) in [6.45, 7) is 5.55. The number of hydrogen-bond acceptors (Lipinski definition) is 4. The second kappa shape index (κ2) is 4.85. The Bertz CT molecular complexity index is 572. The smallest absolute Gasteiger partial charge is 0.258 e. The van der Waals surface area contributed by atoms with Crippen molar-refractivity contribution in [2.45, 2.75) is 32.6 Å². The predicted molar refractivity (Wildman–Crippen MR) is 65.8 cm³/mol. The van der Waals surface area contributed by atoms with E-state index in [2.05, 4.69) is 0 Å². The maximum Gasteiger partial charge on any atom is 0.274 e. The zero-order chi connectivity index (χ0) is 13.9. The van der Waals surface area contributed by atoms with E-state index in [1.54, 1.807) is 6.07 Å². The second-order valence-electron chi connectivity index (χ2n) is 4.98. The first kappa shape index (κ1) is 13.7. The molecular weight excluding hydrogens is 230 g/mol. The summed E-state index contributed by atoms with van der Waals surface area (Å²) in [5.41, 5.74) is 0.735. The summed E-state index contributed by atoms with van der Waals surface area (Å²) in [5, 5.41) is 28.8. The molecule has 1 rings (SSSR count). The van der Waals surface area contributed by atoms with E-state index < -0.39 is 10.3 Å². The van der Waals surface area contributed by atoms with Crippen LogP contribution < -0.4 is 0 Å². The first-order valence-corrected chi connectivity index (χ1v) is 5.40.